The lowest BCUT2D eigenvalue weighted by Crippen LogP contribution is -2.51. The van der Waals surface area contributed by atoms with Crippen molar-refractivity contribution in [1.82, 2.24) is 14.9 Å². The maximum absolute atomic E-state index is 14.8. The number of carbonyl (C=O) groups is 2. The molecule has 1 aliphatic heterocycles. The highest BCUT2D eigenvalue weighted by molar-refractivity contribution is 5.89. The molecule has 0 spiro atoms. The van der Waals surface area contributed by atoms with Crippen molar-refractivity contribution >= 4 is 11.9 Å². The first kappa shape index (κ1) is 36.1. The number of amides is 1. The van der Waals surface area contributed by atoms with E-state index in [0.29, 0.717) is 30.2 Å². The minimum Gasteiger partial charge on any atom is -0.493 e. The number of rotatable bonds is 16. The van der Waals surface area contributed by atoms with Crippen molar-refractivity contribution < 1.29 is 28.5 Å². The van der Waals surface area contributed by atoms with Gasteiger partial charge >= 0.3 is 5.97 Å². The molecule has 1 amide bonds. The zero-order valence-electron chi connectivity index (χ0n) is 29.5. The number of carbonyl (C=O) groups excluding carboxylic acids is 2. The van der Waals surface area contributed by atoms with E-state index < -0.39 is 12.0 Å². The molecule has 0 radical (unpaired) electrons. The fourth-order valence-corrected chi connectivity index (χ4v) is 7.65. The number of aryl methyl sites for hydroxylation is 2. The Morgan fingerprint density at radius 3 is 1.92 bits per heavy atom. The molecule has 0 N–H and O–H groups in total. The van der Waals surface area contributed by atoms with Crippen LogP contribution in [0.1, 0.15) is 99.7 Å². The third kappa shape index (κ3) is 9.73. The van der Waals surface area contributed by atoms with Crippen molar-refractivity contribution in [3.8, 4) is 17.2 Å². The molecule has 49 heavy (non-hydrogen) atoms. The van der Waals surface area contributed by atoms with Crippen molar-refractivity contribution in [2.45, 2.75) is 108 Å². The molecule has 2 fully saturated rings. The number of methoxy groups -OCH3 is 3. The summed E-state index contributed by atoms with van der Waals surface area (Å²) in [4.78, 5) is 39.2. The van der Waals surface area contributed by atoms with Crippen LogP contribution in [0.25, 0.3) is 0 Å². The topological polar surface area (TPSA) is 100 Å². The molecule has 0 bridgehead atoms. The number of pyridine rings is 2. The summed E-state index contributed by atoms with van der Waals surface area (Å²) in [6.45, 7) is 0.541. The second kappa shape index (κ2) is 18.6. The van der Waals surface area contributed by atoms with Crippen LogP contribution in [0.15, 0.2) is 61.2 Å². The Kier molecular flexibility index (Phi) is 13.7. The number of benzene rings is 1. The minimum atomic E-state index is -0.603. The predicted octanol–water partition coefficient (Wildman–Crippen LogP) is 7.51. The lowest BCUT2D eigenvalue weighted by Gasteiger charge is -2.40. The fourth-order valence-electron chi connectivity index (χ4n) is 7.65. The molecule has 3 aromatic rings. The Balaban J connectivity index is 1.35. The number of esters is 1. The third-order valence-electron chi connectivity index (χ3n) is 10.2. The Hall–Kier alpha value is -4.14. The number of likely N-dealkylation sites (tertiary alicyclic amines) is 1. The number of aromatic nitrogens is 2. The molecule has 3 heterocycles. The molecule has 1 aromatic carbocycles. The van der Waals surface area contributed by atoms with Crippen LogP contribution >= 0.6 is 0 Å². The van der Waals surface area contributed by atoms with Gasteiger partial charge < -0.3 is 23.8 Å². The first-order valence-electron chi connectivity index (χ1n) is 18.1. The molecule has 5 rings (SSSR count). The van der Waals surface area contributed by atoms with Gasteiger partial charge in [0.2, 0.25) is 11.7 Å². The van der Waals surface area contributed by atoms with Gasteiger partial charge in [0.05, 0.1) is 27.2 Å². The predicted molar refractivity (Wildman–Crippen MR) is 189 cm³/mol. The van der Waals surface area contributed by atoms with Crippen LogP contribution in [0.5, 0.6) is 17.2 Å². The fraction of sp³-hybridized carbons (Fsp3) is 0.550. The summed E-state index contributed by atoms with van der Waals surface area (Å²) in [6, 6.07) is 11.3. The highest BCUT2D eigenvalue weighted by Gasteiger charge is 2.41. The highest BCUT2D eigenvalue weighted by atomic mass is 16.5. The maximum Gasteiger partial charge on any atom is 0.329 e. The molecule has 9 heteroatoms. The van der Waals surface area contributed by atoms with Crippen LogP contribution in [-0.2, 0) is 27.2 Å². The van der Waals surface area contributed by atoms with E-state index in [-0.39, 0.29) is 23.9 Å². The Labute approximate surface area is 291 Å². The molecule has 1 saturated heterocycles. The van der Waals surface area contributed by atoms with Crippen LogP contribution in [-0.4, -0.2) is 66.8 Å². The number of nitrogens with zero attached hydrogens (tertiary/aromatic N) is 3. The number of hydrogen-bond donors (Lipinski definition) is 0. The largest absolute Gasteiger partial charge is 0.493 e. The van der Waals surface area contributed by atoms with E-state index in [4.69, 9.17) is 18.9 Å². The monoisotopic (exact) mass is 671 g/mol. The molecule has 1 aliphatic carbocycles. The molecule has 2 atom stereocenters. The standard InChI is InChI=1S/C40H53N3O6/c1-46-35-25-32(26-36(47-2)38(35)48-3)37(31-17-5-4-6-18-31)39(44)43-24-8-7-21-34(43)40(45)49-33(19-9-13-29-15-11-22-41-27-29)20-10-14-30-16-12-23-42-28-30/h11-12,15-16,22-23,25-28,31,33-34,37H,4-10,13-14,17-21,24H2,1-3H3/t34-,37?/m0/s1. The van der Waals surface area contributed by atoms with Crippen molar-refractivity contribution in [2.24, 2.45) is 5.92 Å². The van der Waals surface area contributed by atoms with Gasteiger partial charge in [-0.2, -0.15) is 0 Å². The van der Waals surface area contributed by atoms with Crippen molar-refractivity contribution in [3.05, 3.63) is 77.9 Å². The van der Waals surface area contributed by atoms with E-state index in [9.17, 15) is 9.59 Å². The van der Waals surface area contributed by atoms with E-state index in [1.807, 2.05) is 41.6 Å². The first-order valence-corrected chi connectivity index (χ1v) is 18.1. The van der Waals surface area contributed by atoms with Gasteiger partial charge in [-0.25, -0.2) is 4.79 Å². The molecule has 2 aromatic heterocycles. The Bertz CT molecular complexity index is 1390. The Morgan fingerprint density at radius 1 is 0.796 bits per heavy atom. The molecule has 1 unspecified atom stereocenters. The SMILES string of the molecule is COc1cc(C(C(=O)N2CCCC[C@H]2C(=O)OC(CCCc2cccnc2)CCCc2cccnc2)C2CCCCC2)cc(OC)c1OC. The summed E-state index contributed by atoms with van der Waals surface area (Å²) in [7, 11) is 4.77. The second-order valence-corrected chi connectivity index (χ2v) is 13.4. The van der Waals surface area contributed by atoms with E-state index >= 15 is 0 Å². The lowest BCUT2D eigenvalue weighted by atomic mass is 9.75. The van der Waals surface area contributed by atoms with Gasteiger partial charge in [0.15, 0.2) is 11.5 Å². The van der Waals surface area contributed by atoms with Crippen LogP contribution in [0.4, 0.5) is 0 Å². The van der Waals surface area contributed by atoms with Crippen LogP contribution in [0.2, 0.25) is 0 Å². The van der Waals surface area contributed by atoms with Crippen LogP contribution < -0.4 is 14.2 Å². The van der Waals surface area contributed by atoms with Gasteiger partial charge in [0, 0.05) is 31.3 Å². The third-order valence-corrected chi connectivity index (χ3v) is 10.2. The van der Waals surface area contributed by atoms with Gasteiger partial charge in [-0.3, -0.25) is 14.8 Å². The molecule has 1 saturated carbocycles. The molecule has 2 aliphatic rings. The summed E-state index contributed by atoms with van der Waals surface area (Å²) in [5.74, 6) is 1.01. The minimum absolute atomic E-state index is 0.00692. The number of hydrogen-bond acceptors (Lipinski definition) is 8. The molecular formula is C40H53N3O6. The normalized spacial score (nSPS) is 17.4. The zero-order chi connectivity index (χ0) is 34.4. The lowest BCUT2D eigenvalue weighted by molar-refractivity contribution is -0.163. The first-order chi connectivity index (χ1) is 24.0. The van der Waals surface area contributed by atoms with E-state index in [1.54, 1.807) is 33.7 Å². The van der Waals surface area contributed by atoms with Gasteiger partial charge in [0.1, 0.15) is 12.1 Å². The van der Waals surface area contributed by atoms with Crippen molar-refractivity contribution in [1.29, 1.82) is 0 Å². The second-order valence-electron chi connectivity index (χ2n) is 13.4. The smallest absolute Gasteiger partial charge is 0.329 e. The zero-order valence-corrected chi connectivity index (χ0v) is 29.5. The van der Waals surface area contributed by atoms with Gasteiger partial charge in [-0.15, -0.1) is 0 Å². The van der Waals surface area contributed by atoms with E-state index in [0.717, 1.165) is 82.6 Å². The maximum atomic E-state index is 14.8. The molecular weight excluding hydrogens is 618 g/mol. The van der Waals surface area contributed by atoms with Gasteiger partial charge in [0.25, 0.3) is 0 Å². The van der Waals surface area contributed by atoms with Crippen molar-refractivity contribution in [2.75, 3.05) is 27.9 Å². The molecule has 264 valence electrons. The van der Waals surface area contributed by atoms with Gasteiger partial charge in [-0.1, -0.05) is 31.4 Å². The highest BCUT2D eigenvalue weighted by Crippen LogP contribution is 2.45. The summed E-state index contributed by atoms with van der Waals surface area (Å²) < 4.78 is 23.3. The number of ether oxygens (including phenoxy) is 4. The average Bonchev–Trinajstić information content (AvgIpc) is 3.15. The van der Waals surface area contributed by atoms with Gasteiger partial charge in [-0.05, 0) is 118 Å². The summed E-state index contributed by atoms with van der Waals surface area (Å²) in [6.07, 6.45) is 19.8. The van der Waals surface area contributed by atoms with E-state index in [2.05, 4.69) is 22.1 Å². The van der Waals surface area contributed by atoms with Crippen LogP contribution in [0.3, 0.4) is 0 Å². The van der Waals surface area contributed by atoms with Crippen LogP contribution in [0, 0.1) is 5.92 Å². The quantitative estimate of drug-likeness (QED) is 0.144. The Morgan fingerprint density at radius 2 is 1.39 bits per heavy atom. The summed E-state index contributed by atoms with van der Waals surface area (Å²) >= 11 is 0. The average molecular weight is 672 g/mol. The summed E-state index contributed by atoms with van der Waals surface area (Å²) in [5, 5.41) is 0. The summed E-state index contributed by atoms with van der Waals surface area (Å²) in [5.41, 5.74) is 3.19. The number of piperidine rings is 1. The van der Waals surface area contributed by atoms with E-state index in [1.165, 1.54) is 17.5 Å². The van der Waals surface area contributed by atoms with Crippen molar-refractivity contribution in [3.63, 3.8) is 0 Å². The molecule has 9 nitrogen and oxygen atoms in total.